The maximum absolute atomic E-state index is 12.8. The largest absolute Gasteiger partial charge is 0.416 e. The number of aliphatic imine (C=N–C) groups is 1. The summed E-state index contributed by atoms with van der Waals surface area (Å²) in [4.78, 5) is 4.55. The molecule has 0 aliphatic carbocycles. The molecule has 1 heterocycles. The van der Waals surface area contributed by atoms with Crippen molar-refractivity contribution in [1.82, 2.24) is 0 Å². The molecule has 0 bridgehead atoms. The van der Waals surface area contributed by atoms with Crippen LogP contribution in [0.4, 0.5) is 13.2 Å². The molecule has 1 aliphatic rings. The van der Waals surface area contributed by atoms with Gasteiger partial charge in [-0.1, -0.05) is 29.8 Å². The number of hydrogen-bond donors (Lipinski definition) is 0. The van der Waals surface area contributed by atoms with Crippen molar-refractivity contribution in [3.05, 3.63) is 69.7 Å². The van der Waals surface area contributed by atoms with Crippen LogP contribution in [0.2, 0.25) is 5.02 Å². The van der Waals surface area contributed by atoms with Gasteiger partial charge in [0.05, 0.1) is 11.6 Å². The van der Waals surface area contributed by atoms with Crippen molar-refractivity contribution >= 4 is 17.3 Å². The quantitative estimate of drug-likeness (QED) is 0.660. The molecule has 0 spiro atoms. The topological polar surface area (TPSA) is 12.4 Å². The van der Waals surface area contributed by atoms with Crippen LogP contribution in [-0.4, -0.2) is 5.71 Å². The van der Waals surface area contributed by atoms with Gasteiger partial charge in [-0.2, -0.15) is 13.2 Å². The lowest BCUT2D eigenvalue weighted by Gasteiger charge is -2.23. The molecule has 1 atom stereocenters. The second kappa shape index (κ2) is 5.43. The Bertz CT molecular complexity index is 733. The van der Waals surface area contributed by atoms with Gasteiger partial charge in [0.1, 0.15) is 0 Å². The van der Waals surface area contributed by atoms with Crippen LogP contribution < -0.4 is 0 Å². The summed E-state index contributed by atoms with van der Waals surface area (Å²) in [6, 6.07) is 11.2. The molecule has 114 valence electrons. The third-order valence-corrected chi connectivity index (χ3v) is 4.10. The third-order valence-electron chi connectivity index (χ3n) is 3.84. The molecule has 0 saturated carbocycles. The summed E-state index contributed by atoms with van der Waals surface area (Å²) >= 11 is 5.88. The minimum atomic E-state index is -4.33. The molecule has 1 aliphatic heterocycles. The Morgan fingerprint density at radius 3 is 2.41 bits per heavy atom. The Morgan fingerprint density at radius 1 is 1.09 bits per heavy atom. The van der Waals surface area contributed by atoms with E-state index >= 15 is 0 Å². The predicted molar refractivity (Wildman–Crippen MR) is 81.6 cm³/mol. The predicted octanol–water partition coefficient (Wildman–Crippen LogP) is 5.47. The average Bonchev–Trinajstić information content (AvgIpc) is 2.46. The van der Waals surface area contributed by atoms with Crippen molar-refractivity contribution in [3.8, 4) is 0 Å². The first-order chi connectivity index (χ1) is 10.3. The van der Waals surface area contributed by atoms with Gasteiger partial charge in [-0.25, -0.2) is 0 Å². The fraction of sp³-hybridized carbons (Fsp3) is 0.235. The molecule has 1 nitrogen and oxygen atoms in total. The normalized spacial score (nSPS) is 17.9. The number of benzene rings is 2. The summed E-state index contributed by atoms with van der Waals surface area (Å²) in [5.74, 6) is 0. The zero-order chi connectivity index (χ0) is 15.9. The van der Waals surface area contributed by atoms with E-state index in [1.807, 2.05) is 12.1 Å². The third kappa shape index (κ3) is 2.88. The zero-order valence-electron chi connectivity index (χ0n) is 11.8. The van der Waals surface area contributed by atoms with Crippen LogP contribution >= 0.6 is 11.6 Å². The molecule has 0 aromatic heterocycles. The number of rotatable bonds is 1. The lowest BCUT2D eigenvalue weighted by molar-refractivity contribution is -0.137. The van der Waals surface area contributed by atoms with Gasteiger partial charge < -0.3 is 0 Å². The molecule has 0 radical (unpaired) electrons. The number of halogens is 4. The van der Waals surface area contributed by atoms with E-state index in [2.05, 4.69) is 4.99 Å². The zero-order valence-corrected chi connectivity index (χ0v) is 12.5. The average molecular weight is 324 g/mol. The second-order valence-corrected chi connectivity index (χ2v) is 5.79. The van der Waals surface area contributed by atoms with Gasteiger partial charge in [0.15, 0.2) is 0 Å². The number of hydrogen-bond acceptors (Lipinski definition) is 1. The van der Waals surface area contributed by atoms with E-state index in [9.17, 15) is 13.2 Å². The highest BCUT2D eigenvalue weighted by Gasteiger charge is 2.32. The summed E-state index contributed by atoms with van der Waals surface area (Å²) in [5, 5.41) is 0.649. The first-order valence-electron chi connectivity index (χ1n) is 6.85. The highest BCUT2D eigenvalue weighted by atomic mass is 35.5. The molecule has 22 heavy (non-hydrogen) atoms. The van der Waals surface area contributed by atoms with Crippen LogP contribution in [0.3, 0.4) is 0 Å². The number of alkyl halides is 3. The fourth-order valence-electron chi connectivity index (χ4n) is 2.70. The van der Waals surface area contributed by atoms with Gasteiger partial charge in [0, 0.05) is 10.7 Å². The fourth-order valence-corrected chi connectivity index (χ4v) is 2.83. The van der Waals surface area contributed by atoms with Crippen molar-refractivity contribution in [2.24, 2.45) is 4.99 Å². The highest BCUT2D eigenvalue weighted by Crippen LogP contribution is 2.35. The van der Waals surface area contributed by atoms with Crippen LogP contribution in [0.5, 0.6) is 0 Å². The summed E-state index contributed by atoms with van der Waals surface area (Å²) in [6.07, 6.45) is -3.74. The smallest absolute Gasteiger partial charge is 0.281 e. The first-order valence-corrected chi connectivity index (χ1v) is 7.23. The van der Waals surface area contributed by atoms with Crippen molar-refractivity contribution in [1.29, 1.82) is 0 Å². The summed E-state index contributed by atoms with van der Waals surface area (Å²) < 4.78 is 38.4. The number of fused-ring (bicyclic) bond motifs is 1. The lowest BCUT2D eigenvalue weighted by Crippen LogP contribution is -2.16. The minimum Gasteiger partial charge on any atom is -0.281 e. The summed E-state index contributed by atoms with van der Waals surface area (Å²) in [6.45, 7) is 1.75. The van der Waals surface area contributed by atoms with Crippen LogP contribution in [0.25, 0.3) is 0 Å². The van der Waals surface area contributed by atoms with Gasteiger partial charge >= 0.3 is 6.18 Å². The van der Waals surface area contributed by atoms with E-state index in [0.717, 1.165) is 17.2 Å². The van der Waals surface area contributed by atoms with Crippen LogP contribution in [0.1, 0.15) is 35.2 Å². The van der Waals surface area contributed by atoms with E-state index in [1.54, 1.807) is 25.1 Å². The van der Waals surface area contributed by atoms with E-state index in [0.29, 0.717) is 22.7 Å². The van der Waals surface area contributed by atoms with Gasteiger partial charge in [-0.15, -0.1) is 0 Å². The van der Waals surface area contributed by atoms with Crippen molar-refractivity contribution in [3.63, 3.8) is 0 Å². The highest BCUT2D eigenvalue weighted by molar-refractivity contribution is 6.30. The maximum atomic E-state index is 12.8. The van der Waals surface area contributed by atoms with Crippen LogP contribution in [0.15, 0.2) is 47.5 Å². The van der Waals surface area contributed by atoms with Gasteiger partial charge in [0.25, 0.3) is 0 Å². The Labute approximate surface area is 131 Å². The van der Waals surface area contributed by atoms with Crippen molar-refractivity contribution in [2.75, 3.05) is 0 Å². The molecular formula is C17H13ClF3N. The van der Waals surface area contributed by atoms with Crippen molar-refractivity contribution in [2.45, 2.75) is 25.6 Å². The number of nitrogens with zero attached hydrogens (tertiary/aromatic N) is 1. The van der Waals surface area contributed by atoms with Gasteiger partial charge in [-0.3, -0.25) is 4.99 Å². The minimum absolute atomic E-state index is 0.0819. The first kappa shape index (κ1) is 15.1. The molecule has 2 aromatic carbocycles. The summed E-state index contributed by atoms with van der Waals surface area (Å²) in [5.41, 5.74) is 2.48. The Hall–Kier alpha value is -1.81. The molecule has 0 amide bonds. The molecule has 0 N–H and O–H groups in total. The molecule has 2 aromatic rings. The SMILES string of the molecule is CC1=NC(c2ccc(Cl)cc2)Cc2ccc(C(F)(F)F)cc21. The van der Waals surface area contributed by atoms with Gasteiger partial charge in [-0.05, 0) is 54.3 Å². The second-order valence-electron chi connectivity index (χ2n) is 5.36. The van der Waals surface area contributed by atoms with E-state index in [4.69, 9.17) is 11.6 Å². The molecular weight excluding hydrogens is 311 g/mol. The maximum Gasteiger partial charge on any atom is 0.416 e. The van der Waals surface area contributed by atoms with Crippen LogP contribution in [0, 0.1) is 0 Å². The van der Waals surface area contributed by atoms with E-state index in [-0.39, 0.29) is 6.04 Å². The van der Waals surface area contributed by atoms with Crippen molar-refractivity contribution < 1.29 is 13.2 Å². The van der Waals surface area contributed by atoms with Crippen LogP contribution in [-0.2, 0) is 12.6 Å². The Kier molecular flexibility index (Phi) is 3.73. The lowest BCUT2D eigenvalue weighted by atomic mass is 9.89. The van der Waals surface area contributed by atoms with E-state index < -0.39 is 11.7 Å². The molecule has 1 unspecified atom stereocenters. The monoisotopic (exact) mass is 323 g/mol. The Balaban J connectivity index is 1.97. The standard InChI is InChI=1S/C17H13ClF3N/c1-10-15-9-13(17(19,20)21)5-2-12(15)8-16(22-10)11-3-6-14(18)7-4-11/h2-7,9,16H,8H2,1H3. The molecule has 5 heteroatoms. The molecule has 0 saturated heterocycles. The Morgan fingerprint density at radius 2 is 1.77 bits per heavy atom. The van der Waals surface area contributed by atoms with E-state index in [1.165, 1.54) is 6.07 Å². The molecule has 3 rings (SSSR count). The van der Waals surface area contributed by atoms with Gasteiger partial charge in [0.2, 0.25) is 0 Å². The summed E-state index contributed by atoms with van der Waals surface area (Å²) in [7, 11) is 0. The molecule has 0 fully saturated rings.